The van der Waals surface area contributed by atoms with E-state index in [1.165, 1.54) is 103 Å². The summed E-state index contributed by atoms with van der Waals surface area (Å²) in [4.78, 5) is 5.61. The molecular formula is C45H56Cl2S5. The maximum absolute atomic E-state index is 4.88. The fourth-order valence-corrected chi connectivity index (χ4v) is 10.7. The second-order valence-corrected chi connectivity index (χ2v) is 22.0. The summed E-state index contributed by atoms with van der Waals surface area (Å²) in [5, 5.41) is 0. The molecule has 0 aliphatic carbocycles. The van der Waals surface area contributed by atoms with Gasteiger partial charge in [-0.05, 0) is 181 Å². The van der Waals surface area contributed by atoms with E-state index in [0.717, 1.165) is 0 Å². The van der Waals surface area contributed by atoms with Crippen LogP contribution < -0.4 is 0 Å². The Morgan fingerprint density at radius 1 is 0.327 bits per heavy atom. The van der Waals surface area contributed by atoms with Gasteiger partial charge in [0.15, 0.2) is 0 Å². The minimum atomic E-state index is -0.833. The molecule has 5 aromatic rings. The summed E-state index contributed by atoms with van der Waals surface area (Å²) in [6.07, 6.45) is 0. The van der Waals surface area contributed by atoms with Crippen molar-refractivity contribution in [1.29, 1.82) is 0 Å². The number of aryl methyl sites for hydroxylation is 15. The van der Waals surface area contributed by atoms with Gasteiger partial charge in [0.1, 0.15) is 0 Å². The van der Waals surface area contributed by atoms with Crippen molar-refractivity contribution in [3.05, 3.63) is 150 Å². The zero-order valence-electron chi connectivity index (χ0n) is 33.6. The molecule has 0 bridgehead atoms. The van der Waals surface area contributed by atoms with Crippen molar-refractivity contribution in [3.63, 3.8) is 0 Å². The van der Waals surface area contributed by atoms with Gasteiger partial charge >= 0.3 is 0 Å². The predicted molar refractivity (Wildman–Crippen MR) is 246 cm³/mol. The molecule has 7 heteroatoms. The Kier molecular flexibility index (Phi) is 19.7. The van der Waals surface area contributed by atoms with Crippen molar-refractivity contribution in [2.24, 2.45) is 0 Å². The average molecular weight is 828 g/mol. The highest BCUT2D eigenvalue weighted by Gasteiger charge is 2.11. The molecule has 52 heavy (non-hydrogen) atoms. The van der Waals surface area contributed by atoms with Gasteiger partial charge in [0.25, 0.3) is 0 Å². The molecule has 0 atom stereocenters. The van der Waals surface area contributed by atoms with Crippen LogP contribution in [0.15, 0.2) is 86.3 Å². The molecule has 0 unspecified atom stereocenters. The van der Waals surface area contributed by atoms with Gasteiger partial charge in [-0.1, -0.05) is 139 Å². The van der Waals surface area contributed by atoms with E-state index in [1.54, 1.807) is 0 Å². The van der Waals surface area contributed by atoms with Gasteiger partial charge in [-0.25, -0.2) is 0 Å². The molecule has 0 saturated carbocycles. The van der Waals surface area contributed by atoms with E-state index in [9.17, 15) is 0 Å². The standard InChI is InChI=1S/C18H22S2.C18H22S.C9H12.Cl2S2/c1-11-7-13(3)17(14(4)8-11)19-20-18-15(5)9-12(2)10-16(18)6;1-11-7-13(3)17(14(4)8-11)19-18-15(5)9-12(2)10-16(18)6;1-7-4-8(2)6-9(3)5-7;1-4(2)3/h7-10H,1-6H3;7-10H,1-6H3;4-6H,1-3H3;. The molecular weight excluding hydrogens is 772 g/mol. The van der Waals surface area contributed by atoms with Crippen LogP contribution in [0.3, 0.4) is 0 Å². The summed E-state index contributed by atoms with van der Waals surface area (Å²) in [7, 11) is 12.7. The number of rotatable bonds is 5. The third kappa shape index (κ3) is 15.6. The van der Waals surface area contributed by atoms with E-state index in [2.05, 4.69) is 182 Å². The van der Waals surface area contributed by atoms with Crippen molar-refractivity contribution < 1.29 is 0 Å². The molecule has 5 rings (SSSR count). The maximum Gasteiger partial charge on any atom is 0.0639 e. The summed E-state index contributed by atoms with van der Waals surface area (Å²) in [6.45, 7) is 32.7. The molecule has 0 aliphatic rings. The van der Waals surface area contributed by atoms with Crippen molar-refractivity contribution in [2.45, 2.75) is 123 Å². The molecule has 280 valence electrons. The number of hydrogen-bond donors (Lipinski definition) is 0. The minimum absolute atomic E-state index is 0.833. The van der Waals surface area contributed by atoms with Crippen LogP contribution in [0, 0.1) is 104 Å². The van der Waals surface area contributed by atoms with Gasteiger partial charge in [0, 0.05) is 19.6 Å². The Hall–Kier alpha value is -1.70. The Labute approximate surface area is 344 Å². The molecule has 0 N–H and O–H groups in total. The highest BCUT2D eigenvalue weighted by atomic mass is 36.0. The number of hydrogen-bond acceptors (Lipinski definition) is 4. The zero-order chi connectivity index (χ0) is 39.4. The highest BCUT2D eigenvalue weighted by Crippen LogP contribution is 2.43. The van der Waals surface area contributed by atoms with Crippen LogP contribution in [0.2, 0.25) is 0 Å². The maximum atomic E-state index is 4.88. The molecule has 0 saturated heterocycles. The second-order valence-electron chi connectivity index (χ2n) is 14.0. The van der Waals surface area contributed by atoms with E-state index >= 15 is 0 Å². The van der Waals surface area contributed by atoms with Gasteiger partial charge in [0.2, 0.25) is 0 Å². The lowest BCUT2D eigenvalue weighted by Gasteiger charge is -2.15. The Bertz CT molecular complexity index is 1750. The van der Waals surface area contributed by atoms with E-state index in [1.807, 2.05) is 33.3 Å². The van der Waals surface area contributed by atoms with Gasteiger partial charge in [-0.2, -0.15) is 0 Å². The number of halogens is 2. The Morgan fingerprint density at radius 2 is 0.481 bits per heavy atom. The van der Waals surface area contributed by atoms with Gasteiger partial charge in [0.05, 0.1) is 7.88 Å². The molecule has 0 fully saturated rings. The first-order valence-electron chi connectivity index (χ1n) is 17.3. The van der Waals surface area contributed by atoms with Crippen LogP contribution in [0.5, 0.6) is 0 Å². The van der Waals surface area contributed by atoms with Gasteiger partial charge in [-0.3, -0.25) is 0 Å². The Balaban J connectivity index is 0.000000271. The van der Waals surface area contributed by atoms with Crippen molar-refractivity contribution in [3.8, 4) is 0 Å². The van der Waals surface area contributed by atoms with Crippen LogP contribution in [-0.2, 0) is 19.1 Å². The monoisotopic (exact) mass is 826 g/mol. The quantitative estimate of drug-likeness (QED) is 0.128. The predicted octanol–water partition coefficient (Wildman–Crippen LogP) is 16.0. The summed E-state index contributed by atoms with van der Waals surface area (Å²) < 4.78 is 0. The van der Waals surface area contributed by atoms with E-state index < -0.39 is 7.88 Å². The Morgan fingerprint density at radius 3 is 0.673 bits per heavy atom. The summed E-state index contributed by atoms with van der Waals surface area (Å²) in [6, 6.07) is 24.7. The molecule has 0 radical (unpaired) electrons. The SMILES string of the molecule is Cc1cc(C)c(SSc2c(C)cc(C)cc2C)c(C)c1.Cc1cc(C)c(Sc2c(C)cc(C)cc2C)c(C)c1.Cc1cc(C)cc(C)c1.S=S(Cl)Cl. The smallest absolute Gasteiger partial charge is 0.0639 e. The average Bonchev–Trinajstić information content (AvgIpc) is 2.96. The molecule has 0 aliphatic heterocycles. The van der Waals surface area contributed by atoms with Gasteiger partial charge < -0.3 is 0 Å². The van der Waals surface area contributed by atoms with Gasteiger partial charge in [-0.15, -0.1) is 0 Å². The molecule has 0 amide bonds. The van der Waals surface area contributed by atoms with Crippen molar-refractivity contribution in [1.82, 2.24) is 0 Å². The fraction of sp³-hybridized carbons (Fsp3) is 0.333. The largest absolute Gasteiger partial charge is 0.0890 e. The lowest BCUT2D eigenvalue weighted by molar-refractivity contribution is 1.16. The van der Waals surface area contributed by atoms with Crippen LogP contribution in [0.25, 0.3) is 0 Å². The lowest BCUT2D eigenvalue weighted by Crippen LogP contribution is -1.92. The molecule has 5 aromatic carbocycles. The first-order chi connectivity index (χ1) is 24.2. The fourth-order valence-electron chi connectivity index (χ4n) is 6.64. The summed E-state index contributed by atoms with van der Waals surface area (Å²) in [5.74, 6) is 0. The first kappa shape index (κ1) is 46.5. The van der Waals surface area contributed by atoms with Crippen LogP contribution >= 0.6 is 54.7 Å². The molecule has 0 spiro atoms. The zero-order valence-corrected chi connectivity index (χ0v) is 39.2. The van der Waals surface area contributed by atoms with E-state index in [-0.39, 0.29) is 0 Å². The van der Waals surface area contributed by atoms with Crippen LogP contribution in [0.4, 0.5) is 0 Å². The van der Waals surface area contributed by atoms with Crippen molar-refractivity contribution >= 4 is 73.8 Å². The summed E-state index contributed by atoms with van der Waals surface area (Å²) >= 11 is 6.09. The minimum Gasteiger partial charge on any atom is -0.0890 e. The second kappa shape index (κ2) is 22.0. The molecule has 0 heterocycles. The van der Waals surface area contributed by atoms with E-state index in [4.69, 9.17) is 21.4 Å². The molecule has 0 nitrogen and oxygen atoms in total. The third-order valence-electron chi connectivity index (χ3n) is 8.20. The summed E-state index contributed by atoms with van der Waals surface area (Å²) in [5.41, 5.74) is 20.5. The first-order valence-corrected chi connectivity index (χ1v) is 24.1. The topological polar surface area (TPSA) is 0 Å². The molecule has 0 aromatic heterocycles. The number of benzene rings is 5. The third-order valence-corrected chi connectivity index (χ3v) is 12.8. The lowest BCUT2D eigenvalue weighted by atomic mass is 10.1. The highest BCUT2D eigenvalue weighted by molar-refractivity contribution is 8.76. The van der Waals surface area contributed by atoms with Crippen LogP contribution in [-0.4, -0.2) is 0 Å². The van der Waals surface area contributed by atoms with Crippen LogP contribution in [0.1, 0.15) is 83.5 Å². The van der Waals surface area contributed by atoms with E-state index in [0.29, 0.717) is 0 Å². The normalized spacial score (nSPS) is 10.5. The van der Waals surface area contributed by atoms with Crippen molar-refractivity contribution in [2.75, 3.05) is 0 Å².